The SMILES string of the molecule is C#CCC(/C=C/c1ccccc1)OC(C)=NC. The van der Waals surface area contributed by atoms with Crippen molar-refractivity contribution < 1.29 is 4.74 Å². The normalized spacial score (nSPS) is 13.4. The van der Waals surface area contributed by atoms with Crippen LogP contribution in [0.1, 0.15) is 18.9 Å². The molecule has 0 saturated heterocycles. The zero-order valence-corrected chi connectivity index (χ0v) is 10.3. The molecule has 0 fully saturated rings. The van der Waals surface area contributed by atoms with E-state index in [9.17, 15) is 0 Å². The summed E-state index contributed by atoms with van der Waals surface area (Å²) in [6, 6.07) is 10.0. The largest absolute Gasteiger partial charge is 0.473 e. The van der Waals surface area contributed by atoms with Gasteiger partial charge in [0.15, 0.2) is 5.90 Å². The van der Waals surface area contributed by atoms with Crippen molar-refractivity contribution in [3.8, 4) is 12.3 Å². The maximum absolute atomic E-state index is 5.58. The number of terminal acetylenes is 1. The quantitative estimate of drug-likeness (QED) is 0.440. The van der Waals surface area contributed by atoms with Crippen molar-refractivity contribution in [3.63, 3.8) is 0 Å². The second-order valence-electron chi connectivity index (χ2n) is 3.58. The summed E-state index contributed by atoms with van der Waals surface area (Å²) < 4.78 is 5.58. The molecule has 0 saturated carbocycles. The molecule has 0 radical (unpaired) electrons. The van der Waals surface area contributed by atoms with Gasteiger partial charge in [-0.15, -0.1) is 12.3 Å². The molecule has 0 N–H and O–H groups in total. The Labute approximate surface area is 103 Å². The van der Waals surface area contributed by atoms with Crippen molar-refractivity contribution >= 4 is 12.0 Å². The Morgan fingerprint density at radius 1 is 1.47 bits per heavy atom. The summed E-state index contributed by atoms with van der Waals surface area (Å²) in [5.74, 6) is 3.24. The molecule has 2 nitrogen and oxygen atoms in total. The van der Waals surface area contributed by atoms with E-state index in [1.165, 1.54) is 0 Å². The number of rotatable bonds is 4. The topological polar surface area (TPSA) is 21.6 Å². The van der Waals surface area contributed by atoms with Crippen LogP contribution in [0.2, 0.25) is 0 Å². The van der Waals surface area contributed by atoms with E-state index in [2.05, 4.69) is 10.9 Å². The molecule has 0 aliphatic heterocycles. The first-order valence-electron chi connectivity index (χ1n) is 5.53. The van der Waals surface area contributed by atoms with Crippen LogP contribution < -0.4 is 0 Å². The van der Waals surface area contributed by atoms with Crippen LogP contribution in [0.5, 0.6) is 0 Å². The highest BCUT2D eigenvalue weighted by Crippen LogP contribution is 2.06. The fraction of sp³-hybridized carbons (Fsp3) is 0.267. The first-order chi connectivity index (χ1) is 8.26. The van der Waals surface area contributed by atoms with Gasteiger partial charge in [0.05, 0.1) is 0 Å². The third kappa shape index (κ3) is 5.03. The van der Waals surface area contributed by atoms with Crippen LogP contribution in [0, 0.1) is 12.3 Å². The summed E-state index contributed by atoms with van der Waals surface area (Å²) in [5, 5.41) is 0. The second-order valence-corrected chi connectivity index (χ2v) is 3.58. The molecule has 0 bridgehead atoms. The van der Waals surface area contributed by atoms with Gasteiger partial charge in [-0.3, -0.25) is 4.99 Å². The zero-order valence-electron chi connectivity index (χ0n) is 10.3. The number of ether oxygens (including phenoxy) is 1. The third-order valence-corrected chi connectivity index (χ3v) is 2.26. The number of benzene rings is 1. The Hall–Kier alpha value is -2.01. The molecule has 1 rings (SSSR count). The molecule has 0 aliphatic rings. The molecule has 1 atom stereocenters. The predicted octanol–water partition coefficient (Wildman–Crippen LogP) is 3.16. The Morgan fingerprint density at radius 3 is 2.76 bits per heavy atom. The Bertz CT molecular complexity index is 426. The maximum Gasteiger partial charge on any atom is 0.180 e. The monoisotopic (exact) mass is 227 g/mol. The third-order valence-electron chi connectivity index (χ3n) is 2.26. The maximum atomic E-state index is 5.58. The Morgan fingerprint density at radius 2 is 2.18 bits per heavy atom. The molecule has 0 aliphatic carbocycles. The highest BCUT2D eigenvalue weighted by molar-refractivity contribution is 5.73. The van der Waals surface area contributed by atoms with Crippen molar-refractivity contribution in [2.45, 2.75) is 19.4 Å². The average Bonchev–Trinajstić information content (AvgIpc) is 2.37. The minimum absolute atomic E-state index is 0.121. The minimum Gasteiger partial charge on any atom is -0.473 e. The van der Waals surface area contributed by atoms with Crippen LogP contribution in [0.15, 0.2) is 41.4 Å². The van der Waals surface area contributed by atoms with Gasteiger partial charge in [-0.2, -0.15) is 0 Å². The van der Waals surface area contributed by atoms with Gasteiger partial charge in [0.25, 0.3) is 0 Å². The molecule has 17 heavy (non-hydrogen) atoms. The van der Waals surface area contributed by atoms with Gasteiger partial charge in [0.1, 0.15) is 6.10 Å². The van der Waals surface area contributed by atoms with Gasteiger partial charge in [-0.25, -0.2) is 0 Å². The molecule has 0 heterocycles. The Balaban J connectivity index is 2.67. The van der Waals surface area contributed by atoms with E-state index in [0.29, 0.717) is 12.3 Å². The summed E-state index contributed by atoms with van der Waals surface area (Å²) in [7, 11) is 1.70. The fourth-order valence-corrected chi connectivity index (χ4v) is 1.32. The van der Waals surface area contributed by atoms with E-state index >= 15 is 0 Å². The summed E-state index contributed by atoms with van der Waals surface area (Å²) in [6.45, 7) is 1.82. The van der Waals surface area contributed by atoms with E-state index < -0.39 is 0 Å². The van der Waals surface area contributed by atoms with E-state index in [4.69, 9.17) is 11.2 Å². The van der Waals surface area contributed by atoms with Crippen LogP contribution in [0.4, 0.5) is 0 Å². The molecule has 0 amide bonds. The van der Waals surface area contributed by atoms with E-state index in [-0.39, 0.29) is 6.10 Å². The Kier molecular flexibility index (Phi) is 5.60. The van der Waals surface area contributed by atoms with Crippen molar-refractivity contribution in [3.05, 3.63) is 42.0 Å². The average molecular weight is 227 g/mol. The molecule has 1 aromatic carbocycles. The van der Waals surface area contributed by atoms with Crippen LogP contribution in [-0.2, 0) is 4.74 Å². The van der Waals surface area contributed by atoms with Crippen molar-refractivity contribution in [2.24, 2.45) is 4.99 Å². The van der Waals surface area contributed by atoms with E-state index in [0.717, 1.165) is 5.56 Å². The summed E-state index contributed by atoms with van der Waals surface area (Å²) in [5.41, 5.74) is 1.13. The van der Waals surface area contributed by atoms with Gasteiger partial charge in [-0.05, 0) is 11.6 Å². The van der Waals surface area contributed by atoms with Gasteiger partial charge in [0, 0.05) is 20.4 Å². The number of nitrogens with zero attached hydrogens (tertiary/aromatic N) is 1. The van der Waals surface area contributed by atoms with E-state index in [1.807, 2.05) is 49.4 Å². The lowest BCUT2D eigenvalue weighted by atomic mass is 10.1. The molecule has 0 aromatic heterocycles. The second kappa shape index (κ2) is 7.29. The summed E-state index contributed by atoms with van der Waals surface area (Å²) in [4.78, 5) is 3.96. The van der Waals surface area contributed by atoms with Crippen LogP contribution in [0.3, 0.4) is 0 Å². The van der Waals surface area contributed by atoms with Crippen LogP contribution >= 0.6 is 0 Å². The number of hydrogen-bond donors (Lipinski definition) is 0. The van der Waals surface area contributed by atoms with Gasteiger partial charge < -0.3 is 4.74 Å². The zero-order chi connectivity index (χ0) is 12.5. The minimum atomic E-state index is -0.121. The molecule has 0 spiro atoms. The van der Waals surface area contributed by atoms with Crippen molar-refractivity contribution in [1.82, 2.24) is 0 Å². The summed E-state index contributed by atoms with van der Waals surface area (Å²) >= 11 is 0. The lowest BCUT2D eigenvalue weighted by molar-refractivity contribution is 0.240. The number of hydrogen-bond acceptors (Lipinski definition) is 2. The van der Waals surface area contributed by atoms with Crippen LogP contribution in [-0.4, -0.2) is 19.0 Å². The van der Waals surface area contributed by atoms with Gasteiger partial charge >= 0.3 is 0 Å². The van der Waals surface area contributed by atoms with Gasteiger partial charge in [0.2, 0.25) is 0 Å². The van der Waals surface area contributed by atoms with Gasteiger partial charge in [-0.1, -0.05) is 36.4 Å². The standard InChI is InChI=1S/C15H17NO/c1-4-8-15(17-13(2)16-3)12-11-14-9-6-5-7-10-14/h1,5-7,9-12,15H,8H2,2-3H3/b12-11+,16-13?. The molecule has 1 aromatic rings. The fourth-order valence-electron chi connectivity index (χ4n) is 1.32. The molecule has 88 valence electrons. The summed E-state index contributed by atoms with van der Waals surface area (Å²) in [6.07, 6.45) is 9.70. The smallest absolute Gasteiger partial charge is 0.180 e. The van der Waals surface area contributed by atoms with Crippen molar-refractivity contribution in [2.75, 3.05) is 7.05 Å². The first kappa shape index (κ1) is 13.1. The van der Waals surface area contributed by atoms with E-state index in [1.54, 1.807) is 7.05 Å². The molecular weight excluding hydrogens is 210 g/mol. The molecule has 1 unspecified atom stereocenters. The highest BCUT2D eigenvalue weighted by Gasteiger charge is 2.04. The first-order valence-corrected chi connectivity index (χ1v) is 5.53. The molecule has 2 heteroatoms. The highest BCUT2D eigenvalue weighted by atomic mass is 16.5. The lowest BCUT2D eigenvalue weighted by Crippen LogP contribution is -2.13. The molecular formula is C15H17NO. The van der Waals surface area contributed by atoms with Crippen molar-refractivity contribution in [1.29, 1.82) is 0 Å². The van der Waals surface area contributed by atoms with Crippen LogP contribution in [0.25, 0.3) is 6.08 Å². The lowest BCUT2D eigenvalue weighted by Gasteiger charge is -2.12. The predicted molar refractivity (Wildman–Crippen MR) is 72.8 cm³/mol. The number of aliphatic imine (C=N–C) groups is 1.